The molecule has 2 rings (SSSR count). The van der Waals surface area contributed by atoms with Gasteiger partial charge in [0.15, 0.2) is 6.29 Å². The monoisotopic (exact) mass is 253 g/mol. The van der Waals surface area contributed by atoms with Crippen LogP contribution in [0.25, 0.3) is 11.0 Å². The van der Waals surface area contributed by atoms with Crippen molar-refractivity contribution in [2.45, 2.75) is 0 Å². The highest BCUT2D eigenvalue weighted by Gasteiger charge is 2.15. The zero-order valence-corrected chi connectivity index (χ0v) is 8.93. The first-order valence-corrected chi connectivity index (χ1v) is 4.78. The highest BCUT2D eigenvalue weighted by molar-refractivity contribution is 6.37. The Hall–Kier alpha value is -2.21. The number of nitro benzene ring substituents is 1. The summed E-state index contributed by atoms with van der Waals surface area (Å²) >= 11 is 5.81. The van der Waals surface area contributed by atoms with Gasteiger partial charge in [-0.1, -0.05) is 11.6 Å². The topological polar surface area (TPSA) is 90.4 Å². The molecule has 0 bridgehead atoms. The summed E-state index contributed by atoms with van der Waals surface area (Å²) in [4.78, 5) is 31.9. The first kappa shape index (κ1) is 11.3. The first-order chi connectivity index (χ1) is 8.04. The van der Waals surface area contributed by atoms with E-state index in [0.717, 1.165) is 6.07 Å². The molecule has 0 unspecified atom stereocenters. The van der Waals surface area contributed by atoms with Gasteiger partial charge in [-0.25, -0.2) is 4.79 Å². The Kier molecular flexibility index (Phi) is 2.64. The quantitative estimate of drug-likeness (QED) is 0.354. The Labute approximate surface area is 98.6 Å². The van der Waals surface area contributed by atoms with Gasteiger partial charge < -0.3 is 4.42 Å². The van der Waals surface area contributed by atoms with Crippen LogP contribution in [-0.2, 0) is 0 Å². The van der Waals surface area contributed by atoms with Crippen molar-refractivity contribution in [2.24, 2.45) is 0 Å². The van der Waals surface area contributed by atoms with Crippen LogP contribution >= 0.6 is 11.6 Å². The lowest BCUT2D eigenvalue weighted by atomic mass is 10.2. The van der Waals surface area contributed by atoms with Crippen LogP contribution < -0.4 is 5.63 Å². The van der Waals surface area contributed by atoms with E-state index < -0.39 is 10.5 Å². The van der Waals surface area contributed by atoms with E-state index in [-0.39, 0.29) is 33.5 Å². The smallest absolute Gasteiger partial charge is 0.348 e. The van der Waals surface area contributed by atoms with Crippen LogP contribution in [-0.4, -0.2) is 11.2 Å². The van der Waals surface area contributed by atoms with Gasteiger partial charge >= 0.3 is 5.63 Å². The fourth-order valence-corrected chi connectivity index (χ4v) is 1.65. The van der Waals surface area contributed by atoms with Crippen molar-refractivity contribution in [2.75, 3.05) is 0 Å². The van der Waals surface area contributed by atoms with Crippen molar-refractivity contribution in [3.05, 3.63) is 49.3 Å². The maximum Gasteiger partial charge on any atom is 0.348 e. The molecule has 86 valence electrons. The molecule has 1 aromatic heterocycles. The van der Waals surface area contributed by atoms with E-state index in [1.165, 1.54) is 12.1 Å². The number of carbonyl (C=O) groups is 1. The summed E-state index contributed by atoms with van der Waals surface area (Å²) < 4.78 is 4.81. The van der Waals surface area contributed by atoms with E-state index in [4.69, 9.17) is 16.0 Å². The number of fused-ring (bicyclic) bond motifs is 1. The zero-order valence-electron chi connectivity index (χ0n) is 8.18. The van der Waals surface area contributed by atoms with Gasteiger partial charge in [-0.15, -0.1) is 0 Å². The van der Waals surface area contributed by atoms with Crippen LogP contribution in [0.4, 0.5) is 5.69 Å². The van der Waals surface area contributed by atoms with Crippen molar-refractivity contribution >= 4 is 34.5 Å². The lowest BCUT2D eigenvalue weighted by Crippen LogP contribution is -2.07. The van der Waals surface area contributed by atoms with Crippen molar-refractivity contribution in [3.63, 3.8) is 0 Å². The van der Waals surface area contributed by atoms with Crippen molar-refractivity contribution in [3.8, 4) is 0 Å². The number of nitro groups is 1. The Morgan fingerprint density at radius 1 is 1.41 bits per heavy atom. The van der Waals surface area contributed by atoms with Crippen molar-refractivity contribution < 1.29 is 14.1 Å². The predicted molar refractivity (Wildman–Crippen MR) is 59.5 cm³/mol. The summed E-state index contributed by atoms with van der Waals surface area (Å²) in [6, 6.07) is 3.59. The average Bonchev–Trinajstić information content (AvgIpc) is 2.29. The Bertz CT molecular complexity index is 691. The van der Waals surface area contributed by atoms with E-state index >= 15 is 0 Å². The van der Waals surface area contributed by atoms with Gasteiger partial charge in [-0.2, -0.15) is 0 Å². The molecular formula is C10H4ClNO5. The molecule has 1 aromatic carbocycles. The highest BCUT2D eigenvalue weighted by atomic mass is 35.5. The number of nitrogens with zero attached hydrogens (tertiary/aromatic N) is 1. The Morgan fingerprint density at radius 3 is 2.71 bits per heavy atom. The van der Waals surface area contributed by atoms with E-state index in [1.807, 2.05) is 0 Å². The van der Waals surface area contributed by atoms with Crippen LogP contribution in [0, 0.1) is 10.1 Å². The molecule has 0 saturated carbocycles. The minimum absolute atomic E-state index is 0.0937. The second-order valence-corrected chi connectivity index (χ2v) is 3.55. The normalized spacial score (nSPS) is 10.4. The number of aldehydes is 1. The number of rotatable bonds is 2. The largest absolute Gasteiger partial charge is 0.422 e. The molecule has 0 N–H and O–H groups in total. The maximum atomic E-state index is 11.3. The van der Waals surface area contributed by atoms with Crippen molar-refractivity contribution in [1.29, 1.82) is 0 Å². The van der Waals surface area contributed by atoms with Crippen LogP contribution in [0.3, 0.4) is 0 Å². The molecule has 0 spiro atoms. The van der Waals surface area contributed by atoms with Gasteiger partial charge in [-0.3, -0.25) is 14.9 Å². The molecular weight excluding hydrogens is 250 g/mol. The molecule has 2 aromatic rings. The van der Waals surface area contributed by atoms with Crippen molar-refractivity contribution in [1.82, 2.24) is 0 Å². The second-order valence-electron chi connectivity index (χ2n) is 3.17. The minimum atomic E-state index is -0.869. The third-order valence-corrected chi connectivity index (χ3v) is 2.59. The van der Waals surface area contributed by atoms with E-state index in [1.54, 1.807) is 0 Å². The molecule has 0 amide bonds. The van der Waals surface area contributed by atoms with Gasteiger partial charge in [0.25, 0.3) is 5.69 Å². The van der Waals surface area contributed by atoms with Crippen LogP contribution in [0.1, 0.15) is 10.4 Å². The van der Waals surface area contributed by atoms with E-state index in [9.17, 15) is 19.7 Å². The maximum absolute atomic E-state index is 11.3. The summed E-state index contributed by atoms with van der Waals surface area (Å²) in [5.41, 5.74) is -1.33. The number of carbonyl (C=O) groups excluding carboxylic acids is 1. The molecule has 0 saturated heterocycles. The van der Waals surface area contributed by atoms with Gasteiger partial charge in [0.1, 0.15) is 11.1 Å². The summed E-state index contributed by atoms with van der Waals surface area (Å²) in [7, 11) is 0. The van der Waals surface area contributed by atoms with Gasteiger partial charge in [0.2, 0.25) is 0 Å². The van der Waals surface area contributed by atoms with Crippen LogP contribution in [0.5, 0.6) is 0 Å². The number of halogens is 1. The highest BCUT2D eigenvalue weighted by Crippen LogP contribution is 2.27. The van der Waals surface area contributed by atoms with Crippen LogP contribution in [0.15, 0.2) is 27.4 Å². The molecule has 0 radical (unpaired) electrons. The molecule has 1 heterocycles. The third kappa shape index (κ3) is 1.78. The molecule has 7 heteroatoms. The summed E-state index contributed by atoms with van der Waals surface area (Å²) in [5, 5.41) is 10.6. The summed E-state index contributed by atoms with van der Waals surface area (Å²) in [5.74, 6) is 0. The second kappa shape index (κ2) is 3.99. The van der Waals surface area contributed by atoms with Crippen LogP contribution in [0.2, 0.25) is 5.02 Å². The first-order valence-electron chi connectivity index (χ1n) is 4.40. The summed E-state index contributed by atoms with van der Waals surface area (Å²) in [6.45, 7) is 0. The lowest BCUT2D eigenvalue weighted by molar-refractivity contribution is -0.384. The van der Waals surface area contributed by atoms with E-state index in [2.05, 4.69) is 0 Å². The third-order valence-electron chi connectivity index (χ3n) is 2.19. The molecule has 0 aliphatic carbocycles. The number of non-ortho nitro benzene ring substituents is 1. The SMILES string of the molecule is O=Cc1c(Cl)c2cc([N+](=O)[O-])ccc2oc1=O. The molecule has 0 atom stereocenters. The fourth-order valence-electron chi connectivity index (χ4n) is 1.38. The predicted octanol–water partition coefficient (Wildman–Crippen LogP) is 2.17. The molecule has 0 fully saturated rings. The Morgan fingerprint density at radius 2 is 2.12 bits per heavy atom. The average molecular weight is 254 g/mol. The number of hydrogen-bond acceptors (Lipinski definition) is 5. The molecule has 17 heavy (non-hydrogen) atoms. The van der Waals surface area contributed by atoms with E-state index in [0.29, 0.717) is 0 Å². The molecule has 0 aliphatic rings. The number of hydrogen-bond donors (Lipinski definition) is 0. The Balaban J connectivity index is 2.89. The zero-order chi connectivity index (χ0) is 12.6. The number of benzene rings is 1. The standard InChI is InChI=1S/C10H4ClNO5/c11-9-6-3-5(12(15)16)1-2-8(6)17-10(14)7(9)4-13/h1-4H. The minimum Gasteiger partial charge on any atom is -0.422 e. The molecule has 0 aliphatic heterocycles. The lowest BCUT2D eigenvalue weighted by Gasteiger charge is -2.00. The molecule has 6 nitrogen and oxygen atoms in total. The summed E-state index contributed by atoms with van der Waals surface area (Å²) in [6.07, 6.45) is 0.256. The van der Waals surface area contributed by atoms with Gasteiger partial charge in [0.05, 0.1) is 9.95 Å². The fraction of sp³-hybridized carbons (Fsp3) is 0. The van der Waals surface area contributed by atoms with Gasteiger partial charge in [-0.05, 0) is 6.07 Å². The van der Waals surface area contributed by atoms with Gasteiger partial charge in [0, 0.05) is 17.5 Å².